The third-order valence-electron chi connectivity index (χ3n) is 3.70. The first-order chi connectivity index (χ1) is 9.28. The van der Waals surface area contributed by atoms with Crippen LogP contribution in [0.25, 0.3) is 0 Å². The molecule has 0 aromatic carbocycles. The molecule has 0 aromatic rings. The Morgan fingerprint density at radius 2 is 2.15 bits per heavy atom. The van der Waals surface area contributed by atoms with Crippen LogP contribution >= 0.6 is 0 Å². The number of nitrogens with zero attached hydrogens (tertiary/aromatic N) is 1. The highest BCUT2D eigenvalue weighted by Gasteiger charge is 2.37. The number of nitrogens with two attached hydrogens (primary N) is 1. The summed E-state index contributed by atoms with van der Waals surface area (Å²) in [6.07, 6.45) is 4.01. The second kappa shape index (κ2) is 7.36. The average molecular weight is 289 g/mol. The topological polar surface area (TPSA) is 41.3 Å². The molecule has 3 N–H and O–H groups in total. The molecule has 0 radical (unpaired) electrons. The van der Waals surface area contributed by atoms with Crippen LogP contribution < -0.4 is 11.1 Å². The molecule has 0 amide bonds. The van der Waals surface area contributed by atoms with Gasteiger partial charge in [0.25, 0.3) is 5.92 Å². The van der Waals surface area contributed by atoms with E-state index in [9.17, 15) is 8.78 Å². The summed E-state index contributed by atoms with van der Waals surface area (Å²) in [5.41, 5.74) is 7.00. The predicted octanol–water partition coefficient (Wildman–Crippen LogP) is 2.59. The number of halogens is 2. The minimum atomic E-state index is -2.50. The Kier molecular flexibility index (Phi) is 6.40. The molecule has 0 unspecified atom stereocenters. The maximum Gasteiger partial charge on any atom is 0.261 e. The fourth-order valence-corrected chi connectivity index (χ4v) is 2.41. The Balaban J connectivity index is 2.35. The van der Waals surface area contributed by atoms with Gasteiger partial charge in [0.2, 0.25) is 0 Å². The van der Waals surface area contributed by atoms with E-state index < -0.39 is 5.92 Å². The van der Waals surface area contributed by atoms with Crippen molar-refractivity contribution in [1.82, 2.24) is 10.2 Å². The third-order valence-corrected chi connectivity index (χ3v) is 3.70. The van der Waals surface area contributed by atoms with Crippen LogP contribution in [0.5, 0.6) is 0 Å². The van der Waals surface area contributed by atoms with Gasteiger partial charge in [-0.2, -0.15) is 0 Å². The van der Waals surface area contributed by atoms with Crippen LogP contribution in [0.1, 0.15) is 40.0 Å². The zero-order chi connectivity index (χ0) is 15.2. The smallest absolute Gasteiger partial charge is 0.261 e. The number of allylic oxidation sites excluding steroid dienone is 2. The lowest BCUT2D eigenvalue weighted by molar-refractivity contribution is 0.0124. The van der Waals surface area contributed by atoms with Crippen molar-refractivity contribution in [3.63, 3.8) is 0 Å². The van der Waals surface area contributed by atoms with Crippen molar-refractivity contribution < 1.29 is 8.78 Å². The monoisotopic (exact) mass is 289 g/mol. The van der Waals surface area contributed by atoms with Crippen molar-refractivity contribution >= 4 is 0 Å². The lowest BCUT2D eigenvalue weighted by atomic mass is 9.87. The van der Waals surface area contributed by atoms with Crippen molar-refractivity contribution in [2.45, 2.75) is 46.0 Å². The van der Waals surface area contributed by atoms with Crippen molar-refractivity contribution in [2.24, 2.45) is 11.1 Å². The van der Waals surface area contributed by atoms with Crippen LogP contribution in [0.15, 0.2) is 11.8 Å². The summed E-state index contributed by atoms with van der Waals surface area (Å²) in [7, 11) is 0. The second-order valence-corrected chi connectivity index (χ2v) is 6.49. The van der Waals surface area contributed by atoms with Gasteiger partial charge in [0.1, 0.15) is 0 Å². The van der Waals surface area contributed by atoms with Gasteiger partial charge < -0.3 is 11.1 Å². The molecule has 1 fully saturated rings. The zero-order valence-electron chi connectivity index (χ0n) is 13.0. The maximum absolute atomic E-state index is 13.1. The molecule has 3 nitrogen and oxygen atoms in total. The van der Waals surface area contributed by atoms with E-state index in [4.69, 9.17) is 5.73 Å². The Morgan fingerprint density at radius 3 is 2.65 bits per heavy atom. The van der Waals surface area contributed by atoms with Gasteiger partial charge in [-0.1, -0.05) is 26.8 Å². The van der Waals surface area contributed by atoms with Crippen LogP contribution in [-0.2, 0) is 0 Å². The molecule has 0 aliphatic carbocycles. The van der Waals surface area contributed by atoms with Gasteiger partial charge in [0.15, 0.2) is 0 Å². The van der Waals surface area contributed by atoms with Gasteiger partial charge in [-0.25, -0.2) is 8.78 Å². The highest BCUT2D eigenvalue weighted by Crippen LogP contribution is 2.26. The first-order valence-electron chi connectivity index (χ1n) is 7.51. The summed E-state index contributed by atoms with van der Waals surface area (Å²) in [6.45, 7) is 8.78. The zero-order valence-corrected chi connectivity index (χ0v) is 13.0. The number of hydrogen-bond acceptors (Lipinski definition) is 3. The van der Waals surface area contributed by atoms with Crippen LogP contribution in [-0.4, -0.2) is 43.5 Å². The van der Waals surface area contributed by atoms with E-state index in [0.29, 0.717) is 26.2 Å². The van der Waals surface area contributed by atoms with Crippen LogP contribution in [0.2, 0.25) is 0 Å². The van der Waals surface area contributed by atoms with Gasteiger partial charge in [0.05, 0.1) is 6.54 Å². The molecule has 1 heterocycles. The Labute approximate surface area is 121 Å². The lowest BCUT2D eigenvalue weighted by Gasteiger charge is -2.25. The van der Waals surface area contributed by atoms with Gasteiger partial charge in [-0.15, -0.1) is 0 Å². The number of likely N-dealkylation sites (tertiary alicyclic amines) is 1. The number of alkyl halides is 2. The molecule has 1 aliphatic heterocycles. The molecule has 0 spiro atoms. The van der Waals surface area contributed by atoms with Crippen molar-refractivity contribution in [1.29, 1.82) is 0 Å². The van der Waals surface area contributed by atoms with E-state index in [1.54, 1.807) is 0 Å². The van der Waals surface area contributed by atoms with Gasteiger partial charge in [0, 0.05) is 31.8 Å². The third kappa shape index (κ3) is 6.18. The first kappa shape index (κ1) is 17.4. The van der Waals surface area contributed by atoms with E-state index in [-0.39, 0.29) is 18.4 Å². The van der Waals surface area contributed by atoms with Crippen molar-refractivity contribution in [3.8, 4) is 0 Å². The molecule has 20 heavy (non-hydrogen) atoms. The molecular weight excluding hydrogens is 260 g/mol. The molecule has 0 bridgehead atoms. The van der Waals surface area contributed by atoms with Gasteiger partial charge in [-0.05, 0) is 24.8 Å². The van der Waals surface area contributed by atoms with Gasteiger partial charge in [-0.3, -0.25) is 4.90 Å². The maximum atomic E-state index is 13.1. The molecule has 1 rings (SSSR count). The van der Waals surface area contributed by atoms with Crippen molar-refractivity contribution in [2.75, 3.05) is 32.7 Å². The molecule has 0 atom stereocenters. The van der Waals surface area contributed by atoms with Crippen LogP contribution in [0, 0.1) is 5.41 Å². The average Bonchev–Trinajstić information content (AvgIpc) is 2.69. The fraction of sp³-hybridized carbons (Fsp3) is 0.867. The Hall–Kier alpha value is -0.680. The molecule has 0 aromatic heterocycles. The quantitative estimate of drug-likeness (QED) is 0.721. The molecule has 5 heteroatoms. The SMILES string of the molecule is CC/C=C(/CC(C)(C)CN)NCCN1CCC(F)(F)C1. The van der Waals surface area contributed by atoms with Crippen molar-refractivity contribution in [3.05, 3.63) is 11.8 Å². The Bertz CT molecular complexity index is 327. The lowest BCUT2D eigenvalue weighted by Crippen LogP contribution is -2.33. The summed E-state index contributed by atoms with van der Waals surface area (Å²) < 4.78 is 26.2. The summed E-state index contributed by atoms with van der Waals surface area (Å²) in [5.74, 6) is -2.50. The summed E-state index contributed by atoms with van der Waals surface area (Å²) >= 11 is 0. The molecule has 0 saturated carbocycles. The van der Waals surface area contributed by atoms with Crippen LogP contribution in [0.4, 0.5) is 8.78 Å². The molecular formula is C15H29F2N3. The Morgan fingerprint density at radius 1 is 1.45 bits per heavy atom. The van der Waals surface area contributed by atoms with E-state index >= 15 is 0 Å². The second-order valence-electron chi connectivity index (χ2n) is 6.49. The summed E-state index contributed by atoms with van der Waals surface area (Å²) in [5, 5.41) is 3.38. The van der Waals surface area contributed by atoms with E-state index in [1.807, 2.05) is 4.90 Å². The predicted molar refractivity (Wildman–Crippen MR) is 79.8 cm³/mol. The highest BCUT2D eigenvalue weighted by molar-refractivity contribution is 5.03. The summed E-state index contributed by atoms with van der Waals surface area (Å²) in [6, 6.07) is 0. The standard InChI is InChI=1S/C15H29F2N3/c1-4-5-13(10-14(2,3)11-18)19-7-9-20-8-6-15(16,17)12-20/h5,19H,4,6-12,18H2,1-3H3/b13-5-. The van der Waals surface area contributed by atoms with Gasteiger partial charge >= 0.3 is 0 Å². The minimum absolute atomic E-state index is 0.00907. The minimum Gasteiger partial charge on any atom is -0.387 e. The molecule has 118 valence electrons. The normalized spacial score (nSPS) is 20.4. The number of hydrogen-bond donors (Lipinski definition) is 2. The fourth-order valence-electron chi connectivity index (χ4n) is 2.41. The molecule has 1 saturated heterocycles. The molecule has 1 aliphatic rings. The highest BCUT2D eigenvalue weighted by atomic mass is 19.3. The largest absolute Gasteiger partial charge is 0.387 e. The van der Waals surface area contributed by atoms with E-state index in [1.165, 1.54) is 5.70 Å². The van der Waals surface area contributed by atoms with E-state index in [0.717, 1.165) is 12.8 Å². The number of nitrogens with one attached hydrogen (secondary N) is 1. The van der Waals surface area contributed by atoms with E-state index in [2.05, 4.69) is 32.2 Å². The summed E-state index contributed by atoms with van der Waals surface area (Å²) in [4.78, 5) is 1.82. The first-order valence-corrected chi connectivity index (χ1v) is 7.51. The number of rotatable bonds is 8. The van der Waals surface area contributed by atoms with Crippen LogP contribution in [0.3, 0.4) is 0 Å².